The molecular weight excluding hydrogens is 306 g/mol. The van der Waals surface area contributed by atoms with Crippen molar-refractivity contribution in [1.82, 2.24) is 14.2 Å². The molecule has 0 N–H and O–H groups in total. The molecule has 0 saturated carbocycles. The summed E-state index contributed by atoms with van der Waals surface area (Å²) in [7, 11) is 4.27. The molecule has 8 heteroatoms. The largest absolute Gasteiger partial charge is 0.331 e. The Morgan fingerprint density at radius 3 is 2.59 bits per heavy atom. The molecule has 2 heterocycles. The first-order chi connectivity index (χ1) is 10.3. The van der Waals surface area contributed by atoms with Gasteiger partial charge in [0, 0.05) is 26.0 Å². The monoisotopic (exact) mass is 325 g/mol. The van der Waals surface area contributed by atoms with Gasteiger partial charge in [0.2, 0.25) is 0 Å². The second-order valence-corrected chi connectivity index (χ2v) is 6.32. The minimum Gasteiger partial charge on any atom is -0.284 e. The molecule has 0 bridgehead atoms. The molecule has 0 unspecified atom stereocenters. The van der Waals surface area contributed by atoms with Crippen LogP contribution in [0.4, 0.5) is 0 Å². The summed E-state index contributed by atoms with van der Waals surface area (Å²) >= 11 is 1.22. The lowest BCUT2D eigenvalue weighted by molar-refractivity contribution is -0.0755. The van der Waals surface area contributed by atoms with Gasteiger partial charge in [-0.25, -0.2) is 9.86 Å². The number of fused-ring (bicyclic) bond motifs is 1. The van der Waals surface area contributed by atoms with Gasteiger partial charge in [-0.2, -0.15) is 0 Å². The van der Waals surface area contributed by atoms with E-state index in [1.54, 1.807) is 9.95 Å². The fraction of sp³-hybridized carbons (Fsp3) is 0.500. The van der Waals surface area contributed by atoms with Crippen molar-refractivity contribution in [3.63, 3.8) is 0 Å². The zero-order valence-corrected chi connectivity index (χ0v) is 14.1. The fourth-order valence-corrected chi connectivity index (χ4v) is 3.25. The third-order valence-electron chi connectivity index (χ3n) is 3.39. The van der Waals surface area contributed by atoms with Crippen molar-refractivity contribution >= 4 is 27.5 Å². The molecule has 0 aliphatic heterocycles. The van der Waals surface area contributed by atoms with Crippen molar-refractivity contribution in [2.24, 2.45) is 13.0 Å². The van der Waals surface area contributed by atoms with Crippen LogP contribution in [0.2, 0.25) is 0 Å². The molecule has 0 fully saturated rings. The normalized spacial score (nSPS) is 11.4. The van der Waals surface area contributed by atoms with Gasteiger partial charge in [-0.05, 0) is 5.92 Å². The van der Waals surface area contributed by atoms with Crippen molar-refractivity contribution < 1.29 is 9.63 Å². The maximum atomic E-state index is 12.4. The molecule has 1 amide bonds. The SMILES string of the molecule is CON(C)C(=O)c1csc2c1c(=O)n(C)c(=O)n2CC(C)C. The van der Waals surface area contributed by atoms with Crippen molar-refractivity contribution in [3.05, 3.63) is 31.8 Å². The van der Waals surface area contributed by atoms with E-state index in [1.807, 2.05) is 13.8 Å². The topological polar surface area (TPSA) is 73.5 Å². The lowest BCUT2D eigenvalue weighted by atomic mass is 10.2. The van der Waals surface area contributed by atoms with Crippen molar-refractivity contribution in [1.29, 1.82) is 0 Å². The average molecular weight is 325 g/mol. The summed E-state index contributed by atoms with van der Waals surface area (Å²) in [6, 6.07) is 0. The lowest BCUT2D eigenvalue weighted by Crippen LogP contribution is -2.39. The average Bonchev–Trinajstić information content (AvgIpc) is 2.92. The molecule has 0 saturated heterocycles. The Hall–Kier alpha value is -1.93. The number of aromatic nitrogens is 2. The highest BCUT2D eigenvalue weighted by molar-refractivity contribution is 7.17. The van der Waals surface area contributed by atoms with Crippen LogP contribution < -0.4 is 11.2 Å². The van der Waals surface area contributed by atoms with E-state index in [-0.39, 0.29) is 22.6 Å². The first-order valence-corrected chi connectivity index (χ1v) is 7.70. The van der Waals surface area contributed by atoms with Crippen LogP contribution in [0.5, 0.6) is 0 Å². The summed E-state index contributed by atoms with van der Waals surface area (Å²) in [6.07, 6.45) is 0. The van der Waals surface area contributed by atoms with Crippen LogP contribution in [0.1, 0.15) is 24.2 Å². The molecular formula is C14H19N3O4S. The van der Waals surface area contributed by atoms with E-state index in [9.17, 15) is 14.4 Å². The van der Waals surface area contributed by atoms with Gasteiger partial charge in [0.25, 0.3) is 11.5 Å². The number of hydrogen-bond acceptors (Lipinski definition) is 5. The van der Waals surface area contributed by atoms with Crippen LogP contribution in [-0.2, 0) is 18.4 Å². The Morgan fingerprint density at radius 2 is 2.05 bits per heavy atom. The molecule has 2 rings (SSSR count). The number of hydroxylamine groups is 2. The van der Waals surface area contributed by atoms with E-state index < -0.39 is 11.5 Å². The van der Waals surface area contributed by atoms with Gasteiger partial charge in [-0.15, -0.1) is 11.3 Å². The van der Waals surface area contributed by atoms with Crippen LogP contribution >= 0.6 is 11.3 Å². The predicted octanol–water partition coefficient (Wildman–Crippen LogP) is 1.05. The predicted molar refractivity (Wildman–Crippen MR) is 85.3 cm³/mol. The van der Waals surface area contributed by atoms with Crippen LogP contribution in [0.25, 0.3) is 10.2 Å². The highest BCUT2D eigenvalue weighted by Gasteiger charge is 2.23. The number of hydrogen-bond donors (Lipinski definition) is 0. The molecule has 0 radical (unpaired) electrons. The molecule has 0 aliphatic rings. The molecule has 2 aromatic heterocycles. The van der Waals surface area contributed by atoms with Crippen LogP contribution in [0.3, 0.4) is 0 Å². The van der Waals surface area contributed by atoms with Crippen LogP contribution in [0.15, 0.2) is 15.0 Å². The van der Waals surface area contributed by atoms with Gasteiger partial charge in [-0.1, -0.05) is 13.8 Å². The minimum atomic E-state index is -0.464. The third-order valence-corrected chi connectivity index (χ3v) is 4.39. The standard InChI is InChI=1S/C14H19N3O4S/c1-8(2)6-17-13-10(12(19)15(3)14(17)20)9(7-22-13)11(18)16(4)21-5/h7-8H,6H2,1-5H3. The summed E-state index contributed by atoms with van der Waals surface area (Å²) in [5.41, 5.74) is -0.580. The van der Waals surface area contributed by atoms with Crippen molar-refractivity contribution in [3.8, 4) is 0 Å². The fourth-order valence-electron chi connectivity index (χ4n) is 2.21. The van der Waals surface area contributed by atoms with Gasteiger partial charge < -0.3 is 0 Å². The first-order valence-electron chi connectivity index (χ1n) is 6.82. The number of carbonyl (C=O) groups excluding carboxylic acids is 1. The van der Waals surface area contributed by atoms with Gasteiger partial charge >= 0.3 is 5.69 Å². The summed E-state index contributed by atoms with van der Waals surface area (Å²) in [5.74, 6) is -0.179. The van der Waals surface area contributed by atoms with E-state index in [1.165, 1.54) is 32.5 Å². The number of carbonyl (C=O) groups is 1. The molecule has 120 valence electrons. The smallest absolute Gasteiger partial charge is 0.284 e. The molecule has 0 aromatic carbocycles. The summed E-state index contributed by atoms with van der Waals surface area (Å²) in [4.78, 5) is 42.5. The Morgan fingerprint density at radius 1 is 1.41 bits per heavy atom. The van der Waals surface area contributed by atoms with Crippen LogP contribution in [0, 0.1) is 5.92 Å². The molecule has 22 heavy (non-hydrogen) atoms. The zero-order valence-electron chi connectivity index (χ0n) is 13.2. The zero-order chi connectivity index (χ0) is 16.6. The van der Waals surface area contributed by atoms with E-state index in [0.29, 0.717) is 11.4 Å². The second kappa shape index (κ2) is 6.05. The molecule has 0 spiro atoms. The number of thiophene rings is 1. The summed E-state index contributed by atoms with van der Waals surface area (Å²) < 4.78 is 2.59. The Labute approximate surface area is 131 Å². The van der Waals surface area contributed by atoms with Crippen LogP contribution in [-0.4, -0.2) is 34.3 Å². The van der Waals surface area contributed by atoms with E-state index in [2.05, 4.69) is 0 Å². The van der Waals surface area contributed by atoms with Crippen molar-refractivity contribution in [2.75, 3.05) is 14.2 Å². The molecule has 7 nitrogen and oxygen atoms in total. The summed E-state index contributed by atoms with van der Waals surface area (Å²) in [5, 5.41) is 2.92. The maximum Gasteiger partial charge on any atom is 0.331 e. The van der Waals surface area contributed by atoms with Gasteiger partial charge in [0.1, 0.15) is 4.83 Å². The van der Waals surface area contributed by atoms with Gasteiger partial charge in [0.05, 0.1) is 18.1 Å². The van der Waals surface area contributed by atoms with E-state index in [0.717, 1.165) is 9.63 Å². The quantitative estimate of drug-likeness (QED) is 0.788. The van der Waals surface area contributed by atoms with Crippen molar-refractivity contribution in [2.45, 2.75) is 20.4 Å². The second-order valence-electron chi connectivity index (χ2n) is 5.47. The Balaban J connectivity index is 2.81. The Kier molecular flexibility index (Phi) is 4.52. The highest BCUT2D eigenvalue weighted by Crippen LogP contribution is 2.23. The number of rotatable bonds is 4. The molecule has 0 atom stereocenters. The molecule has 0 aliphatic carbocycles. The third kappa shape index (κ3) is 2.59. The Bertz CT molecular complexity index is 831. The molecule has 2 aromatic rings. The first kappa shape index (κ1) is 16.4. The number of nitrogens with zero attached hydrogens (tertiary/aromatic N) is 3. The van der Waals surface area contributed by atoms with Gasteiger partial charge in [0.15, 0.2) is 0 Å². The lowest BCUT2D eigenvalue weighted by Gasteiger charge is -2.14. The van der Waals surface area contributed by atoms with E-state index in [4.69, 9.17) is 4.84 Å². The summed E-state index contributed by atoms with van der Waals surface area (Å²) in [6.45, 7) is 4.46. The van der Waals surface area contributed by atoms with Gasteiger partial charge in [-0.3, -0.25) is 23.6 Å². The minimum absolute atomic E-state index is 0.237. The number of amides is 1. The maximum absolute atomic E-state index is 12.4. The van der Waals surface area contributed by atoms with E-state index >= 15 is 0 Å². The highest BCUT2D eigenvalue weighted by atomic mass is 32.1.